The van der Waals surface area contributed by atoms with Crippen LogP contribution in [-0.2, 0) is 0 Å². The predicted octanol–water partition coefficient (Wildman–Crippen LogP) is 3.69. The Labute approximate surface area is 119 Å². The zero-order valence-corrected chi connectivity index (χ0v) is 11.1. The summed E-state index contributed by atoms with van der Waals surface area (Å²) in [7, 11) is 1.37. The zero-order chi connectivity index (χ0) is 15.0. The Balaban J connectivity index is 2.18. The minimum Gasteiger partial charge on any atom is -0.496 e. The van der Waals surface area contributed by atoms with Crippen LogP contribution in [0.15, 0.2) is 42.6 Å². The highest BCUT2D eigenvalue weighted by Gasteiger charge is 2.21. The van der Waals surface area contributed by atoms with Crippen molar-refractivity contribution < 1.29 is 18.3 Å². The van der Waals surface area contributed by atoms with Gasteiger partial charge in [0.2, 0.25) is 5.78 Å². The average Bonchev–Trinajstić information content (AvgIpc) is 2.89. The molecule has 0 atom stereocenters. The monoisotopic (exact) mass is 287 g/mol. The lowest BCUT2D eigenvalue weighted by Gasteiger charge is -2.08. The van der Waals surface area contributed by atoms with Crippen LogP contribution in [0.1, 0.15) is 15.9 Å². The molecule has 0 aliphatic heterocycles. The van der Waals surface area contributed by atoms with Gasteiger partial charge in [0.1, 0.15) is 22.9 Å². The van der Waals surface area contributed by atoms with Gasteiger partial charge >= 0.3 is 0 Å². The van der Waals surface area contributed by atoms with Crippen molar-refractivity contribution in [1.29, 1.82) is 0 Å². The number of carbonyl (C=O) groups excluding carboxylic acids is 1. The molecule has 106 valence electrons. The third-order valence-corrected chi connectivity index (χ3v) is 3.31. The minimum absolute atomic E-state index is 0.134. The molecular weight excluding hydrogens is 276 g/mol. The first-order chi connectivity index (χ1) is 10.1. The summed E-state index contributed by atoms with van der Waals surface area (Å²) in [6.07, 6.45) is 1.44. The van der Waals surface area contributed by atoms with Gasteiger partial charge in [-0.25, -0.2) is 8.78 Å². The molecule has 3 aromatic rings. The summed E-state index contributed by atoms with van der Waals surface area (Å²) >= 11 is 0. The number of fused-ring (bicyclic) bond motifs is 1. The molecule has 0 bridgehead atoms. The highest BCUT2D eigenvalue weighted by Crippen LogP contribution is 2.28. The van der Waals surface area contributed by atoms with Crippen LogP contribution >= 0.6 is 0 Å². The van der Waals surface area contributed by atoms with Gasteiger partial charge in [-0.15, -0.1) is 0 Å². The lowest BCUT2D eigenvalue weighted by Crippen LogP contribution is -2.06. The quantitative estimate of drug-likeness (QED) is 0.746. The molecule has 0 aliphatic carbocycles. The number of aromatic amines is 1. The fourth-order valence-electron chi connectivity index (χ4n) is 2.32. The second kappa shape index (κ2) is 5.01. The standard InChI is InChI=1S/C16H11F2NO2/c1-21-14-4-2-3-12(18)15(14)16(20)11-8-19-13-7-9(17)5-6-10(11)13/h2-8,19H,1H3. The summed E-state index contributed by atoms with van der Waals surface area (Å²) in [4.78, 5) is 15.4. The zero-order valence-electron chi connectivity index (χ0n) is 11.1. The number of halogens is 2. The molecule has 5 heteroatoms. The third kappa shape index (κ3) is 2.16. The molecule has 3 nitrogen and oxygen atoms in total. The van der Waals surface area contributed by atoms with Gasteiger partial charge in [-0.1, -0.05) is 6.07 Å². The number of methoxy groups -OCH3 is 1. The molecule has 0 radical (unpaired) electrons. The summed E-state index contributed by atoms with van der Waals surface area (Å²) in [5.41, 5.74) is 0.618. The van der Waals surface area contributed by atoms with Crippen LogP contribution in [0.4, 0.5) is 8.78 Å². The van der Waals surface area contributed by atoms with Crippen LogP contribution < -0.4 is 4.74 Å². The minimum atomic E-state index is -0.657. The lowest BCUT2D eigenvalue weighted by molar-refractivity contribution is 0.103. The van der Waals surface area contributed by atoms with Crippen LogP contribution in [0.2, 0.25) is 0 Å². The fourth-order valence-corrected chi connectivity index (χ4v) is 2.32. The Morgan fingerprint density at radius 2 is 2.00 bits per heavy atom. The van der Waals surface area contributed by atoms with Crippen molar-refractivity contribution in [3.63, 3.8) is 0 Å². The van der Waals surface area contributed by atoms with E-state index in [-0.39, 0.29) is 16.9 Å². The molecule has 0 fully saturated rings. The van der Waals surface area contributed by atoms with E-state index in [0.717, 1.165) is 0 Å². The van der Waals surface area contributed by atoms with Crippen molar-refractivity contribution in [2.24, 2.45) is 0 Å². The van der Waals surface area contributed by atoms with Crippen molar-refractivity contribution in [3.8, 4) is 5.75 Å². The van der Waals surface area contributed by atoms with Gasteiger partial charge in [-0.2, -0.15) is 0 Å². The van der Waals surface area contributed by atoms with Gasteiger partial charge in [-0.3, -0.25) is 4.79 Å². The Kier molecular flexibility index (Phi) is 3.17. The normalized spacial score (nSPS) is 10.8. The fraction of sp³-hybridized carbons (Fsp3) is 0.0625. The number of aromatic nitrogens is 1. The maximum atomic E-state index is 14.0. The predicted molar refractivity (Wildman–Crippen MR) is 74.6 cm³/mol. The number of H-pyrrole nitrogens is 1. The van der Waals surface area contributed by atoms with E-state index in [1.165, 1.54) is 49.7 Å². The number of ketones is 1. The second-order valence-electron chi connectivity index (χ2n) is 4.54. The van der Waals surface area contributed by atoms with E-state index in [9.17, 15) is 13.6 Å². The Bertz CT molecular complexity index is 839. The number of ether oxygens (including phenoxy) is 1. The highest BCUT2D eigenvalue weighted by molar-refractivity contribution is 6.17. The van der Waals surface area contributed by atoms with Gasteiger partial charge in [-0.05, 0) is 30.3 Å². The van der Waals surface area contributed by atoms with Gasteiger partial charge < -0.3 is 9.72 Å². The number of hydrogen-bond donors (Lipinski definition) is 1. The van der Waals surface area contributed by atoms with Crippen LogP contribution in [0, 0.1) is 11.6 Å². The van der Waals surface area contributed by atoms with E-state index in [1.807, 2.05) is 0 Å². The Morgan fingerprint density at radius 3 is 2.76 bits per heavy atom. The van der Waals surface area contributed by atoms with Crippen LogP contribution in [0.25, 0.3) is 10.9 Å². The molecule has 0 aliphatic rings. The molecule has 1 heterocycles. The molecule has 0 saturated heterocycles. The molecule has 0 unspecified atom stereocenters. The highest BCUT2D eigenvalue weighted by atomic mass is 19.1. The molecule has 21 heavy (non-hydrogen) atoms. The molecule has 3 rings (SSSR count). The number of rotatable bonds is 3. The van der Waals surface area contributed by atoms with Gasteiger partial charge in [0.15, 0.2) is 0 Å². The van der Waals surface area contributed by atoms with E-state index in [2.05, 4.69) is 4.98 Å². The topological polar surface area (TPSA) is 42.1 Å². The number of benzene rings is 2. The SMILES string of the molecule is COc1cccc(F)c1C(=O)c1c[nH]c2cc(F)ccc12. The molecule has 1 N–H and O–H groups in total. The Morgan fingerprint density at radius 1 is 1.19 bits per heavy atom. The number of hydrogen-bond acceptors (Lipinski definition) is 2. The molecule has 0 amide bonds. The van der Waals surface area contributed by atoms with E-state index >= 15 is 0 Å². The van der Waals surface area contributed by atoms with E-state index in [4.69, 9.17) is 4.74 Å². The number of nitrogens with one attached hydrogen (secondary N) is 1. The van der Waals surface area contributed by atoms with Crippen molar-refractivity contribution in [2.75, 3.05) is 7.11 Å². The maximum Gasteiger partial charge on any atom is 0.201 e. The second-order valence-corrected chi connectivity index (χ2v) is 4.54. The van der Waals surface area contributed by atoms with Crippen molar-refractivity contribution in [3.05, 3.63) is 65.4 Å². The summed E-state index contributed by atoms with van der Waals surface area (Å²) in [5.74, 6) is -1.41. The summed E-state index contributed by atoms with van der Waals surface area (Å²) in [6, 6.07) is 8.21. The van der Waals surface area contributed by atoms with Crippen molar-refractivity contribution >= 4 is 16.7 Å². The van der Waals surface area contributed by atoms with Crippen LogP contribution in [0.3, 0.4) is 0 Å². The first kappa shape index (κ1) is 13.3. The summed E-state index contributed by atoms with van der Waals surface area (Å²) in [5, 5.41) is 0.534. The molecule has 0 spiro atoms. The first-order valence-corrected chi connectivity index (χ1v) is 6.25. The molecule has 0 saturated carbocycles. The van der Waals surface area contributed by atoms with Crippen LogP contribution in [0.5, 0.6) is 5.75 Å². The Hall–Kier alpha value is -2.69. The van der Waals surface area contributed by atoms with E-state index in [1.54, 1.807) is 0 Å². The van der Waals surface area contributed by atoms with Gasteiger partial charge in [0.05, 0.1) is 7.11 Å². The lowest BCUT2D eigenvalue weighted by atomic mass is 10.0. The van der Waals surface area contributed by atoms with Gasteiger partial charge in [0, 0.05) is 22.7 Å². The maximum absolute atomic E-state index is 14.0. The third-order valence-electron chi connectivity index (χ3n) is 3.31. The molecule has 1 aromatic heterocycles. The van der Waals surface area contributed by atoms with Gasteiger partial charge in [0.25, 0.3) is 0 Å². The van der Waals surface area contributed by atoms with E-state index in [0.29, 0.717) is 10.9 Å². The smallest absolute Gasteiger partial charge is 0.201 e. The largest absolute Gasteiger partial charge is 0.496 e. The van der Waals surface area contributed by atoms with Crippen molar-refractivity contribution in [2.45, 2.75) is 0 Å². The average molecular weight is 287 g/mol. The molecular formula is C16H11F2NO2. The van der Waals surface area contributed by atoms with E-state index < -0.39 is 17.4 Å². The first-order valence-electron chi connectivity index (χ1n) is 6.25. The number of carbonyl (C=O) groups is 1. The van der Waals surface area contributed by atoms with Crippen molar-refractivity contribution in [1.82, 2.24) is 4.98 Å². The van der Waals surface area contributed by atoms with Crippen LogP contribution in [-0.4, -0.2) is 17.9 Å². The summed E-state index contributed by atoms with van der Waals surface area (Å²) in [6.45, 7) is 0. The molecule has 2 aromatic carbocycles. The summed E-state index contributed by atoms with van der Waals surface area (Å²) < 4.78 is 32.2.